The van der Waals surface area contributed by atoms with Crippen LogP contribution >= 0.6 is 23.1 Å². The number of rotatable bonds is 7. The number of likely N-dealkylation sites (N-methyl/N-ethyl adjacent to an activating group) is 1. The molecule has 1 saturated carbocycles. The van der Waals surface area contributed by atoms with Crippen LogP contribution in [0.25, 0.3) is 0 Å². The van der Waals surface area contributed by atoms with Crippen molar-refractivity contribution in [2.75, 3.05) is 24.7 Å². The van der Waals surface area contributed by atoms with E-state index in [-0.39, 0.29) is 29.7 Å². The van der Waals surface area contributed by atoms with E-state index < -0.39 is 0 Å². The van der Waals surface area contributed by atoms with Crippen LogP contribution in [0.1, 0.15) is 33.6 Å². The largest absolute Gasteiger partial charge is 0.357 e. The molecule has 128 valence electrons. The summed E-state index contributed by atoms with van der Waals surface area (Å²) in [5.41, 5.74) is -0.298. The Balaban J connectivity index is 1.72. The molecule has 23 heavy (non-hydrogen) atoms. The van der Waals surface area contributed by atoms with Gasteiger partial charge in [0.05, 0.1) is 12.3 Å². The smallest absolute Gasteiger partial charge is 0.240 e. The topological polar surface area (TPSA) is 87.2 Å². The molecule has 1 heterocycles. The van der Waals surface area contributed by atoms with Gasteiger partial charge in [0.2, 0.25) is 16.9 Å². The number of carbonyl (C=O) groups excluding carboxylic acids is 2. The molecule has 1 aliphatic carbocycles. The van der Waals surface area contributed by atoms with E-state index in [4.69, 9.17) is 0 Å². The molecular weight excluding hydrogens is 334 g/mol. The monoisotopic (exact) mass is 357 g/mol. The van der Waals surface area contributed by atoms with Crippen molar-refractivity contribution in [1.29, 1.82) is 0 Å². The summed E-state index contributed by atoms with van der Waals surface area (Å²) in [6, 6.07) is 0.537. The van der Waals surface area contributed by atoms with E-state index in [2.05, 4.69) is 20.8 Å². The van der Waals surface area contributed by atoms with Gasteiger partial charge in [0.1, 0.15) is 0 Å². The SMILES string of the molecule is CN(CC(=O)NC(C)(C)C)C(=O)CSc1nnc(NC2CC2)s1. The van der Waals surface area contributed by atoms with Gasteiger partial charge in [-0.25, -0.2) is 0 Å². The van der Waals surface area contributed by atoms with Crippen LogP contribution in [-0.2, 0) is 9.59 Å². The fourth-order valence-electron chi connectivity index (χ4n) is 1.72. The highest BCUT2D eigenvalue weighted by molar-refractivity contribution is 8.01. The average molecular weight is 358 g/mol. The zero-order valence-corrected chi connectivity index (χ0v) is 15.5. The molecule has 0 aromatic carbocycles. The zero-order chi connectivity index (χ0) is 17.0. The first-order valence-corrected chi connectivity index (χ1v) is 9.31. The zero-order valence-electron chi connectivity index (χ0n) is 13.9. The Morgan fingerprint density at radius 3 is 2.65 bits per heavy atom. The second kappa shape index (κ2) is 7.48. The summed E-state index contributed by atoms with van der Waals surface area (Å²) < 4.78 is 0.758. The van der Waals surface area contributed by atoms with E-state index in [1.165, 1.54) is 40.8 Å². The molecule has 0 atom stereocenters. The lowest BCUT2D eigenvalue weighted by molar-refractivity contribution is -0.133. The van der Waals surface area contributed by atoms with Gasteiger partial charge in [-0.3, -0.25) is 9.59 Å². The predicted octanol–water partition coefficient (Wildman–Crippen LogP) is 1.58. The van der Waals surface area contributed by atoms with Gasteiger partial charge in [0.25, 0.3) is 0 Å². The van der Waals surface area contributed by atoms with Crippen LogP contribution in [0.2, 0.25) is 0 Å². The lowest BCUT2D eigenvalue weighted by Crippen LogP contribution is -2.46. The maximum Gasteiger partial charge on any atom is 0.240 e. The summed E-state index contributed by atoms with van der Waals surface area (Å²) in [4.78, 5) is 25.3. The molecule has 1 aliphatic rings. The van der Waals surface area contributed by atoms with E-state index in [0.717, 1.165) is 9.47 Å². The summed E-state index contributed by atoms with van der Waals surface area (Å²) in [5.74, 6) is -0.0201. The summed E-state index contributed by atoms with van der Waals surface area (Å²) in [5, 5.41) is 15.0. The molecule has 2 amide bonds. The third kappa shape index (κ3) is 6.74. The van der Waals surface area contributed by atoms with E-state index in [9.17, 15) is 9.59 Å². The van der Waals surface area contributed by atoms with Crippen LogP contribution in [0.3, 0.4) is 0 Å². The van der Waals surface area contributed by atoms with Crippen LogP contribution in [0.15, 0.2) is 4.34 Å². The Bertz CT molecular complexity index is 566. The quantitative estimate of drug-likeness (QED) is 0.721. The van der Waals surface area contributed by atoms with Crippen molar-refractivity contribution in [1.82, 2.24) is 20.4 Å². The van der Waals surface area contributed by atoms with Gasteiger partial charge in [-0.05, 0) is 33.6 Å². The Kier molecular flexibility index (Phi) is 5.85. The highest BCUT2D eigenvalue weighted by atomic mass is 32.2. The first-order chi connectivity index (χ1) is 10.7. The minimum absolute atomic E-state index is 0.0568. The van der Waals surface area contributed by atoms with Crippen molar-refractivity contribution >= 4 is 40.0 Å². The van der Waals surface area contributed by atoms with Gasteiger partial charge in [-0.15, -0.1) is 10.2 Å². The standard InChI is InChI=1S/C14H23N5O2S2/c1-14(2,3)16-10(20)7-19(4)11(21)8-22-13-18-17-12(23-13)15-9-5-6-9/h9H,5-8H2,1-4H3,(H,15,17)(H,16,20). The molecule has 0 aliphatic heterocycles. The third-order valence-electron chi connectivity index (χ3n) is 2.95. The Morgan fingerprint density at radius 1 is 1.35 bits per heavy atom. The highest BCUT2D eigenvalue weighted by Crippen LogP contribution is 2.30. The van der Waals surface area contributed by atoms with Crippen molar-refractivity contribution in [3.8, 4) is 0 Å². The number of aromatic nitrogens is 2. The van der Waals surface area contributed by atoms with Crippen LogP contribution in [0.4, 0.5) is 5.13 Å². The number of nitrogens with one attached hydrogen (secondary N) is 2. The fraction of sp³-hybridized carbons (Fsp3) is 0.714. The van der Waals surface area contributed by atoms with Crippen molar-refractivity contribution in [3.63, 3.8) is 0 Å². The summed E-state index contributed by atoms with van der Waals surface area (Å²) in [7, 11) is 1.63. The molecule has 0 unspecified atom stereocenters. The average Bonchev–Trinajstić information content (AvgIpc) is 3.11. The van der Waals surface area contributed by atoms with Crippen LogP contribution in [-0.4, -0.2) is 57.8 Å². The number of hydrogen-bond donors (Lipinski definition) is 2. The summed E-state index contributed by atoms with van der Waals surface area (Å²) in [6.07, 6.45) is 2.37. The van der Waals surface area contributed by atoms with E-state index in [0.29, 0.717) is 6.04 Å². The molecule has 0 spiro atoms. The molecule has 1 fully saturated rings. The molecule has 9 heteroatoms. The Morgan fingerprint density at radius 2 is 2.04 bits per heavy atom. The minimum Gasteiger partial charge on any atom is -0.357 e. The number of anilines is 1. The minimum atomic E-state index is -0.298. The number of amides is 2. The number of hydrogen-bond acceptors (Lipinski definition) is 7. The van der Waals surface area contributed by atoms with Gasteiger partial charge >= 0.3 is 0 Å². The van der Waals surface area contributed by atoms with E-state index in [1.54, 1.807) is 7.05 Å². The molecule has 2 rings (SSSR count). The fourth-order valence-corrected chi connectivity index (χ4v) is 3.49. The highest BCUT2D eigenvalue weighted by Gasteiger charge is 2.23. The first-order valence-electron chi connectivity index (χ1n) is 7.51. The van der Waals surface area contributed by atoms with Crippen molar-refractivity contribution in [2.24, 2.45) is 0 Å². The summed E-state index contributed by atoms with van der Waals surface area (Å²) >= 11 is 2.80. The lowest BCUT2D eigenvalue weighted by Gasteiger charge is -2.23. The van der Waals surface area contributed by atoms with Gasteiger partial charge < -0.3 is 15.5 Å². The number of carbonyl (C=O) groups is 2. The molecule has 7 nitrogen and oxygen atoms in total. The molecular formula is C14H23N5O2S2. The first kappa shape index (κ1) is 18.0. The van der Waals surface area contributed by atoms with Crippen molar-refractivity contribution < 1.29 is 9.59 Å². The van der Waals surface area contributed by atoms with Crippen LogP contribution in [0.5, 0.6) is 0 Å². The number of thioether (sulfide) groups is 1. The van der Waals surface area contributed by atoms with Crippen molar-refractivity contribution in [2.45, 2.75) is 49.5 Å². The second-order valence-electron chi connectivity index (χ2n) is 6.63. The van der Waals surface area contributed by atoms with Gasteiger partial charge in [0, 0.05) is 18.6 Å². The third-order valence-corrected chi connectivity index (χ3v) is 4.92. The maximum absolute atomic E-state index is 12.1. The van der Waals surface area contributed by atoms with Gasteiger partial charge in [-0.1, -0.05) is 23.1 Å². The molecule has 1 aromatic heterocycles. The lowest BCUT2D eigenvalue weighted by atomic mass is 10.1. The maximum atomic E-state index is 12.1. The van der Waals surface area contributed by atoms with Crippen LogP contribution in [0, 0.1) is 0 Å². The van der Waals surface area contributed by atoms with E-state index >= 15 is 0 Å². The Hall–Kier alpha value is -1.35. The molecule has 1 aromatic rings. The van der Waals surface area contributed by atoms with E-state index in [1.807, 2.05) is 20.8 Å². The van der Waals surface area contributed by atoms with Gasteiger partial charge in [0.15, 0.2) is 4.34 Å². The van der Waals surface area contributed by atoms with Gasteiger partial charge in [-0.2, -0.15) is 0 Å². The molecule has 0 radical (unpaired) electrons. The molecule has 2 N–H and O–H groups in total. The molecule has 0 bridgehead atoms. The Labute approximate surface area is 144 Å². The van der Waals surface area contributed by atoms with Crippen molar-refractivity contribution in [3.05, 3.63) is 0 Å². The predicted molar refractivity (Wildman–Crippen MR) is 92.8 cm³/mol. The molecule has 0 saturated heterocycles. The normalized spacial score (nSPS) is 14.4. The second-order valence-corrected chi connectivity index (χ2v) is 8.83. The number of nitrogens with zero attached hydrogens (tertiary/aromatic N) is 3. The summed E-state index contributed by atoms with van der Waals surface area (Å²) in [6.45, 7) is 5.78. The van der Waals surface area contributed by atoms with Crippen LogP contribution < -0.4 is 10.6 Å².